The van der Waals surface area contributed by atoms with E-state index >= 15 is 0 Å². The van der Waals surface area contributed by atoms with Crippen LogP contribution < -0.4 is 19.7 Å². The number of rotatable bonds is 8. The molecule has 0 radical (unpaired) electrons. The first-order chi connectivity index (χ1) is 14.7. The number of nitrogens with zero attached hydrogens (tertiary/aromatic N) is 2. The van der Waals surface area contributed by atoms with Gasteiger partial charge in [-0.25, -0.2) is 17.8 Å². The quantitative estimate of drug-likeness (QED) is 0.575. The van der Waals surface area contributed by atoms with Gasteiger partial charge in [-0.2, -0.15) is 0 Å². The lowest BCUT2D eigenvalue weighted by Crippen LogP contribution is -2.32. The third-order valence-corrected chi connectivity index (χ3v) is 5.44. The number of carbonyl (C=O) groups is 1. The first kappa shape index (κ1) is 23.1. The molecule has 1 aromatic carbocycles. The van der Waals surface area contributed by atoms with Gasteiger partial charge in [0.15, 0.2) is 18.2 Å². The molecule has 8 nitrogen and oxygen atoms in total. The van der Waals surface area contributed by atoms with Crippen molar-refractivity contribution in [3.05, 3.63) is 46.9 Å². The van der Waals surface area contributed by atoms with Crippen LogP contribution in [0.1, 0.15) is 24.8 Å². The Bertz CT molecular complexity index is 1050. The van der Waals surface area contributed by atoms with Gasteiger partial charge in [0, 0.05) is 19.6 Å². The summed E-state index contributed by atoms with van der Waals surface area (Å²) < 4.78 is 44.2. The molecule has 1 amide bonds. The molecule has 2 N–H and O–H groups in total. The predicted molar refractivity (Wildman–Crippen MR) is 118 cm³/mol. The summed E-state index contributed by atoms with van der Waals surface area (Å²) in [6.07, 6.45) is 4.22. The second kappa shape index (κ2) is 10.1. The molecule has 1 aliphatic rings. The summed E-state index contributed by atoms with van der Waals surface area (Å²) in [5.41, 5.74) is 0.327. The van der Waals surface area contributed by atoms with Crippen LogP contribution in [0.25, 0.3) is 0 Å². The summed E-state index contributed by atoms with van der Waals surface area (Å²) >= 11 is 6.03. The van der Waals surface area contributed by atoms with Crippen LogP contribution in [0.3, 0.4) is 0 Å². The minimum Gasteiger partial charge on any atom is -0.480 e. The fourth-order valence-corrected chi connectivity index (χ4v) is 3.91. The third-order valence-electron chi connectivity index (χ3n) is 4.64. The average Bonchev–Trinajstić information content (AvgIpc) is 2.73. The van der Waals surface area contributed by atoms with Crippen molar-refractivity contribution in [2.75, 3.05) is 35.6 Å². The topological polar surface area (TPSA) is 101 Å². The van der Waals surface area contributed by atoms with E-state index in [0.717, 1.165) is 38.3 Å². The molecule has 0 bridgehead atoms. The van der Waals surface area contributed by atoms with Crippen molar-refractivity contribution in [3.8, 4) is 5.75 Å². The zero-order valence-corrected chi connectivity index (χ0v) is 18.6. The highest BCUT2D eigenvalue weighted by molar-refractivity contribution is 7.92. The van der Waals surface area contributed by atoms with Crippen molar-refractivity contribution < 1.29 is 22.3 Å². The van der Waals surface area contributed by atoms with Crippen molar-refractivity contribution in [3.63, 3.8) is 0 Å². The zero-order valence-electron chi connectivity index (χ0n) is 17.0. The summed E-state index contributed by atoms with van der Waals surface area (Å²) in [5, 5.41) is 3.00. The fourth-order valence-electron chi connectivity index (χ4n) is 3.20. The minimum atomic E-state index is -3.58. The number of aromatic nitrogens is 1. The predicted octanol–water partition coefficient (Wildman–Crippen LogP) is 2.93. The largest absolute Gasteiger partial charge is 0.480 e. The number of piperidine rings is 1. The summed E-state index contributed by atoms with van der Waals surface area (Å²) in [6, 6.07) is 7.28. The Labute approximate surface area is 185 Å². The van der Waals surface area contributed by atoms with Gasteiger partial charge in [-0.15, -0.1) is 0 Å². The number of nitrogens with one attached hydrogen (secondary N) is 2. The first-order valence-electron chi connectivity index (χ1n) is 9.78. The second-order valence-corrected chi connectivity index (χ2v) is 9.39. The van der Waals surface area contributed by atoms with E-state index in [0.29, 0.717) is 22.3 Å². The molecular weight excluding hydrogens is 447 g/mol. The number of amides is 1. The number of sulfonamides is 1. The highest BCUT2D eigenvalue weighted by Crippen LogP contribution is 2.30. The molecule has 0 aliphatic carbocycles. The van der Waals surface area contributed by atoms with Crippen molar-refractivity contribution >= 4 is 39.0 Å². The van der Waals surface area contributed by atoms with Crippen LogP contribution in [0, 0.1) is 5.82 Å². The molecule has 0 saturated carbocycles. The Morgan fingerprint density at radius 2 is 1.97 bits per heavy atom. The van der Waals surface area contributed by atoms with Gasteiger partial charge in [0.2, 0.25) is 10.0 Å². The van der Waals surface area contributed by atoms with Gasteiger partial charge in [0.05, 0.1) is 11.9 Å². The highest BCUT2D eigenvalue weighted by atomic mass is 35.5. The number of carbonyl (C=O) groups excluding carboxylic acids is 1. The summed E-state index contributed by atoms with van der Waals surface area (Å²) in [4.78, 5) is 18.7. The van der Waals surface area contributed by atoms with E-state index in [1.807, 2.05) is 0 Å². The van der Waals surface area contributed by atoms with Gasteiger partial charge in [0.1, 0.15) is 11.0 Å². The van der Waals surface area contributed by atoms with Gasteiger partial charge in [0.25, 0.3) is 5.91 Å². The Kier molecular flexibility index (Phi) is 7.55. The Balaban J connectivity index is 1.56. The monoisotopic (exact) mass is 470 g/mol. The molecule has 2 aromatic rings. The SMILES string of the molecule is CS(=O)(=O)Nc1ccc(CNC(=O)COc2ccc(Cl)nc2N2CCCCC2)cc1F. The molecule has 3 rings (SSSR count). The number of halogens is 2. The lowest BCUT2D eigenvalue weighted by Gasteiger charge is -2.29. The van der Waals surface area contributed by atoms with Gasteiger partial charge in [-0.05, 0) is 49.1 Å². The molecule has 1 aliphatic heterocycles. The third kappa shape index (κ3) is 6.96. The molecule has 31 heavy (non-hydrogen) atoms. The van der Waals surface area contributed by atoms with Gasteiger partial charge < -0.3 is 15.0 Å². The lowest BCUT2D eigenvalue weighted by atomic mass is 10.1. The molecule has 0 spiro atoms. The standard InChI is InChI=1S/C20H24ClFN4O4S/c1-31(28,29)25-16-6-5-14(11-15(16)22)12-23-19(27)13-30-17-7-8-18(21)24-20(17)26-9-3-2-4-10-26/h5-8,11,25H,2-4,9-10,12-13H2,1H3,(H,23,27). The second-order valence-electron chi connectivity index (χ2n) is 7.26. The van der Waals surface area contributed by atoms with Crippen LogP contribution in [0.4, 0.5) is 15.9 Å². The lowest BCUT2D eigenvalue weighted by molar-refractivity contribution is -0.123. The number of ether oxygens (including phenoxy) is 1. The maximum Gasteiger partial charge on any atom is 0.258 e. The van der Waals surface area contributed by atoms with Crippen molar-refractivity contribution in [2.24, 2.45) is 0 Å². The number of benzene rings is 1. The van der Waals surface area contributed by atoms with E-state index in [2.05, 4.69) is 19.9 Å². The van der Waals surface area contributed by atoms with Gasteiger partial charge >= 0.3 is 0 Å². The Morgan fingerprint density at radius 3 is 2.65 bits per heavy atom. The van der Waals surface area contributed by atoms with Gasteiger partial charge in [-0.1, -0.05) is 17.7 Å². The van der Waals surface area contributed by atoms with Crippen molar-refractivity contribution in [2.45, 2.75) is 25.8 Å². The molecule has 11 heteroatoms. The van der Waals surface area contributed by atoms with Crippen LogP contribution in [-0.4, -0.2) is 45.3 Å². The summed E-state index contributed by atoms with van der Waals surface area (Å²) in [7, 11) is -3.58. The molecule has 0 unspecified atom stereocenters. The minimum absolute atomic E-state index is 0.0656. The van der Waals surface area contributed by atoms with Crippen LogP contribution in [0.5, 0.6) is 5.75 Å². The Hall–Kier alpha value is -2.59. The molecular formula is C20H24ClFN4O4S. The Morgan fingerprint density at radius 1 is 1.23 bits per heavy atom. The summed E-state index contributed by atoms with van der Waals surface area (Å²) in [5.74, 6) is -0.0233. The molecule has 0 atom stereocenters. The van der Waals surface area contributed by atoms with E-state index in [-0.39, 0.29) is 18.8 Å². The fraction of sp³-hybridized carbons (Fsp3) is 0.400. The highest BCUT2D eigenvalue weighted by Gasteiger charge is 2.18. The molecule has 1 fully saturated rings. The molecule has 2 heterocycles. The number of hydrogen-bond acceptors (Lipinski definition) is 6. The van der Waals surface area contributed by atoms with Crippen molar-refractivity contribution in [1.82, 2.24) is 10.3 Å². The number of hydrogen-bond donors (Lipinski definition) is 2. The molecule has 1 saturated heterocycles. The van der Waals surface area contributed by atoms with Crippen LogP contribution in [0.15, 0.2) is 30.3 Å². The maximum absolute atomic E-state index is 14.0. The number of pyridine rings is 1. The smallest absolute Gasteiger partial charge is 0.258 e. The first-order valence-corrected chi connectivity index (χ1v) is 12.1. The van der Waals surface area contributed by atoms with E-state index in [9.17, 15) is 17.6 Å². The van der Waals surface area contributed by atoms with E-state index in [1.165, 1.54) is 18.6 Å². The normalized spacial score (nSPS) is 14.2. The maximum atomic E-state index is 14.0. The van der Waals surface area contributed by atoms with E-state index in [4.69, 9.17) is 16.3 Å². The van der Waals surface area contributed by atoms with E-state index < -0.39 is 21.7 Å². The van der Waals surface area contributed by atoms with E-state index in [1.54, 1.807) is 12.1 Å². The van der Waals surface area contributed by atoms with Gasteiger partial charge in [-0.3, -0.25) is 9.52 Å². The number of anilines is 2. The zero-order chi connectivity index (χ0) is 22.4. The van der Waals surface area contributed by atoms with Crippen LogP contribution in [-0.2, 0) is 21.4 Å². The van der Waals surface area contributed by atoms with Crippen LogP contribution >= 0.6 is 11.6 Å². The molecule has 1 aromatic heterocycles. The van der Waals surface area contributed by atoms with Crippen LogP contribution in [0.2, 0.25) is 5.15 Å². The molecule has 168 valence electrons. The average molecular weight is 471 g/mol. The van der Waals surface area contributed by atoms with Crippen molar-refractivity contribution in [1.29, 1.82) is 0 Å². The summed E-state index contributed by atoms with van der Waals surface area (Å²) in [6.45, 7) is 1.54.